The second-order valence-electron chi connectivity index (χ2n) is 8.91. The van der Waals surface area contributed by atoms with Crippen LogP contribution in [0.4, 0.5) is 18.0 Å². The van der Waals surface area contributed by atoms with Crippen molar-refractivity contribution in [2.75, 3.05) is 6.54 Å². The van der Waals surface area contributed by atoms with Crippen LogP contribution in [0.15, 0.2) is 83.8 Å². The van der Waals surface area contributed by atoms with E-state index in [4.69, 9.17) is 9.72 Å². The van der Waals surface area contributed by atoms with Gasteiger partial charge >= 0.3 is 12.3 Å². The molecule has 5 rings (SSSR count). The van der Waals surface area contributed by atoms with Crippen molar-refractivity contribution in [2.24, 2.45) is 0 Å². The van der Waals surface area contributed by atoms with Crippen molar-refractivity contribution in [1.29, 1.82) is 0 Å². The maximum Gasteiger partial charge on any atom is 0.417 e. The van der Waals surface area contributed by atoms with Gasteiger partial charge in [-0.2, -0.15) is 13.2 Å². The zero-order chi connectivity index (χ0) is 26.9. The van der Waals surface area contributed by atoms with Crippen LogP contribution >= 0.6 is 0 Å². The molecule has 2 aromatic carbocycles. The molecule has 38 heavy (non-hydrogen) atoms. The number of aryl methyl sites for hydroxylation is 1. The predicted octanol–water partition coefficient (Wildman–Crippen LogP) is 5.16. The van der Waals surface area contributed by atoms with Gasteiger partial charge in [0.1, 0.15) is 5.82 Å². The third-order valence-corrected chi connectivity index (χ3v) is 6.45. The molecule has 194 valence electrons. The Hall–Kier alpha value is -4.47. The van der Waals surface area contributed by atoms with Gasteiger partial charge in [0.15, 0.2) is 0 Å². The van der Waals surface area contributed by atoms with Crippen LogP contribution in [0.3, 0.4) is 0 Å². The number of benzene rings is 2. The van der Waals surface area contributed by atoms with Crippen molar-refractivity contribution in [3.63, 3.8) is 0 Å². The average molecular weight is 521 g/mol. The van der Waals surface area contributed by atoms with Gasteiger partial charge in [0.05, 0.1) is 23.8 Å². The number of hydrogen-bond acceptors (Lipinski definition) is 5. The molecule has 1 amide bonds. The minimum absolute atomic E-state index is 0.0348. The third kappa shape index (κ3) is 5.02. The number of alkyl halides is 3. The molecule has 0 radical (unpaired) electrons. The highest BCUT2D eigenvalue weighted by molar-refractivity contribution is 5.70. The van der Waals surface area contributed by atoms with E-state index in [9.17, 15) is 22.8 Å². The SMILES string of the molecule is Cc1nc2c(c(=O)n1C(c1ccccc1)c1ccccc1)CCN(C(=O)Oc1ccc(C(F)(F)F)cn1)C2. The minimum Gasteiger partial charge on any atom is -0.391 e. The summed E-state index contributed by atoms with van der Waals surface area (Å²) in [4.78, 5) is 36.1. The van der Waals surface area contributed by atoms with Gasteiger partial charge in [0.25, 0.3) is 5.56 Å². The molecule has 0 bridgehead atoms. The summed E-state index contributed by atoms with van der Waals surface area (Å²) >= 11 is 0. The standard InChI is InChI=1S/C28H23F3N4O3/c1-18-33-23-17-34(27(37)38-24-13-12-21(16-32-24)28(29,30)31)15-14-22(23)26(36)35(18)25(19-8-4-2-5-9-19)20-10-6-3-7-11-20/h2-13,16,25H,14-15,17H2,1H3. The first-order chi connectivity index (χ1) is 18.2. The first-order valence-corrected chi connectivity index (χ1v) is 11.9. The zero-order valence-corrected chi connectivity index (χ0v) is 20.4. The van der Waals surface area contributed by atoms with Crippen LogP contribution in [0.1, 0.15) is 39.8 Å². The maximum absolute atomic E-state index is 13.8. The van der Waals surface area contributed by atoms with E-state index in [1.165, 1.54) is 4.90 Å². The normalized spacial score (nSPS) is 13.3. The van der Waals surface area contributed by atoms with Crippen LogP contribution in [-0.4, -0.2) is 32.1 Å². The fraction of sp³-hybridized carbons (Fsp3) is 0.214. The van der Waals surface area contributed by atoms with Crippen LogP contribution < -0.4 is 10.3 Å². The van der Waals surface area contributed by atoms with E-state index in [0.29, 0.717) is 23.3 Å². The number of hydrogen-bond donors (Lipinski definition) is 0. The van der Waals surface area contributed by atoms with Gasteiger partial charge in [-0.15, -0.1) is 0 Å². The van der Waals surface area contributed by atoms with Crippen LogP contribution in [0.25, 0.3) is 0 Å². The molecule has 10 heteroatoms. The molecule has 2 aromatic heterocycles. The van der Waals surface area contributed by atoms with Crippen LogP contribution in [0.2, 0.25) is 0 Å². The Morgan fingerprint density at radius 3 is 2.16 bits per heavy atom. The molecule has 0 unspecified atom stereocenters. The van der Waals surface area contributed by atoms with Crippen molar-refractivity contribution in [2.45, 2.75) is 32.1 Å². The van der Waals surface area contributed by atoms with Crippen LogP contribution in [-0.2, 0) is 19.1 Å². The fourth-order valence-corrected chi connectivity index (χ4v) is 4.60. The van der Waals surface area contributed by atoms with Crippen molar-refractivity contribution in [3.8, 4) is 5.88 Å². The number of carbonyl (C=O) groups is 1. The number of halogens is 3. The summed E-state index contributed by atoms with van der Waals surface area (Å²) in [5.74, 6) is 0.244. The number of ether oxygens (including phenoxy) is 1. The van der Waals surface area contributed by atoms with E-state index in [1.54, 1.807) is 11.5 Å². The molecule has 0 saturated carbocycles. The lowest BCUT2D eigenvalue weighted by molar-refractivity contribution is -0.137. The highest BCUT2D eigenvalue weighted by Crippen LogP contribution is 2.30. The largest absolute Gasteiger partial charge is 0.417 e. The Kier molecular flexibility index (Phi) is 6.71. The van der Waals surface area contributed by atoms with Crippen molar-refractivity contribution >= 4 is 6.09 Å². The average Bonchev–Trinajstić information content (AvgIpc) is 2.91. The summed E-state index contributed by atoms with van der Waals surface area (Å²) in [5, 5.41) is 0. The lowest BCUT2D eigenvalue weighted by atomic mass is 9.97. The Balaban J connectivity index is 1.42. The number of amides is 1. The van der Waals surface area contributed by atoms with Crippen LogP contribution in [0, 0.1) is 6.92 Å². The van der Waals surface area contributed by atoms with E-state index in [0.717, 1.165) is 23.3 Å². The van der Waals surface area contributed by atoms with Gasteiger partial charge in [-0.3, -0.25) is 9.36 Å². The lowest BCUT2D eigenvalue weighted by Gasteiger charge is -2.29. The van der Waals surface area contributed by atoms with E-state index in [-0.39, 0.29) is 37.0 Å². The molecule has 0 saturated heterocycles. The Bertz CT molecular complexity index is 1470. The molecule has 0 aliphatic carbocycles. The number of rotatable bonds is 4. The van der Waals surface area contributed by atoms with E-state index in [1.807, 2.05) is 60.7 Å². The highest BCUT2D eigenvalue weighted by Gasteiger charge is 2.32. The number of nitrogens with zero attached hydrogens (tertiary/aromatic N) is 4. The predicted molar refractivity (Wildman–Crippen MR) is 133 cm³/mol. The molecule has 0 spiro atoms. The smallest absolute Gasteiger partial charge is 0.391 e. The molecule has 1 aliphatic heterocycles. The molecule has 0 atom stereocenters. The van der Waals surface area contributed by atoms with E-state index in [2.05, 4.69) is 4.98 Å². The molecular formula is C28H23F3N4O3. The number of pyridine rings is 1. The fourth-order valence-electron chi connectivity index (χ4n) is 4.60. The molecule has 7 nitrogen and oxygen atoms in total. The third-order valence-electron chi connectivity index (χ3n) is 6.45. The quantitative estimate of drug-likeness (QED) is 0.372. The molecule has 4 aromatic rings. The van der Waals surface area contributed by atoms with Gasteiger partial charge in [0.2, 0.25) is 5.88 Å². The molecule has 0 N–H and O–H groups in total. The van der Waals surface area contributed by atoms with E-state index >= 15 is 0 Å². The second kappa shape index (κ2) is 10.1. The number of carbonyl (C=O) groups excluding carboxylic acids is 1. The number of aromatic nitrogens is 3. The summed E-state index contributed by atoms with van der Waals surface area (Å²) in [7, 11) is 0. The van der Waals surface area contributed by atoms with Gasteiger partial charge in [-0.05, 0) is 30.5 Å². The summed E-state index contributed by atoms with van der Waals surface area (Å²) in [6.07, 6.45) is -4.45. The topological polar surface area (TPSA) is 77.3 Å². The van der Waals surface area contributed by atoms with E-state index < -0.39 is 17.8 Å². The summed E-state index contributed by atoms with van der Waals surface area (Å²) in [6, 6.07) is 20.8. The Morgan fingerprint density at radius 1 is 0.974 bits per heavy atom. The zero-order valence-electron chi connectivity index (χ0n) is 20.4. The summed E-state index contributed by atoms with van der Waals surface area (Å²) < 4.78 is 45.1. The number of fused-ring (bicyclic) bond motifs is 1. The van der Waals surface area contributed by atoms with Crippen LogP contribution in [0.5, 0.6) is 5.88 Å². The molecule has 3 heterocycles. The second-order valence-corrected chi connectivity index (χ2v) is 8.91. The van der Waals surface area contributed by atoms with Gasteiger partial charge < -0.3 is 9.64 Å². The van der Waals surface area contributed by atoms with Gasteiger partial charge in [-0.1, -0.05) is 60.7 Å². The van der Waals surface area contributed by atoms with Crippen molar-refractivity contribution in [3.05, 3.63) is 123 Å². The Morgan fingerprint density at radius 2 is 1.61 bits per heavy atom. The maximum atomic E-state index is 13.8. The van der Waals surface area contributed by atoms with Gasteiger partial charge in [0, 0.05) is 24.4 Å². The first-order valence-electron chi connectivity index (χ1n) is 11.9. The minimum atomic E-state index is -4.54. The van der Waals surface area contributed by atoms with Gasteiger partial charge in [-0.25, -0.2) is 14.8 Å². The Labute approximate surface area is 216 Å². The summed E-state index contributed by atoms with van der Waals surface area (Å²) in [5.41, 5.74) is 1.75. The van der Waals surface area contributed by atoms with Crippen molar-refractivity contribution in [1.82, 2.24) is 19.4 Å². The molecule has 0 fully saturated rings. The summed E-state index contributed by atoms with van der Waals surface area (Å²) in [6.45, 7) is 1.98. The highest BCUT2D eigenvalue weighted by atomic mass is 19.4. The lowest BCUT2D eigenvalue weighted by Crippen LogP contribution is -2.43. The van der Waals surface area contributed by atoms with Crippen molar-refractivity contribution < 1.29 is 22.7 Å². The monoisotopic (exact) mass is 520 g/mol. The molecular weight excluding hydrogens is 497 g/mol. The molecule has 1 aliphatic rings. The first kappa shape index (κ1) is 25.2.